The second-order valence-corrected chi connectivity index (χ2v) is 4.42. The maximum Gasteiger partial charge on any atom is 0.184 e. The van der Waals surface area contributed by atoms with Crippen molar-refractivity contribution in [3.05, 3.63) is 29.8 Å². The van der Waals surface area contributed by atoms with Gasteiger partial charge in [-0.1, -0.05) is 19.1 Å². The maximum atomic E-state index is 5.44. The minimum Gasteiger partial charge on any atom is -0.346 e. The number of benzene rings is 1. The Kier molecular flexibility index (Phi) is 3.45. The van der Waals surface area contributed by atoms with Gasteiger partial charge in [-0.3, -0.25) is 0 Å². The molecule has 0 saturated carbocycles. The van der Waals surface area contributed by atoms with Crippen LogP contribution in [0.1, 0.15) is 18.8 Å². The predicted octanol–water partition coefficient (Wildman–Crippen LogP) is 2.84. The Hall–Kier alpha value is -0.510. The summed E-state index contributed by atoms with van der Waals surface area (Å²) in [6, 6.07) is 8.37. The summed E-state index contributed by atoms with van der Waals surface area (Å²) in [7, 11) is 0. The Morgan fingerprint density at radius 1 is 1.36 bits per heavy atom. The molecule has 1 fully saturated rings. The largest absolute Gasteiger partial charge is 0.346 e. The van der Waals surface area contributed by atoms with Crippen molar-refractivity contribution in [3.63, 3.8) is 0 Å². The van der Waals surface area contributed by atoms with Crippen molar-refractivity contribution in [1.82, 2.24) is 0 Å². The topological polar surface area (TPSA) is 18.5 Å². The van der Waals surface area contributed by atoms with Gasteiger partial charge in [-0.25, -0.2) is 0 Å². The summed E-state index contributed by atoms with van der Waals surface area (Å²) in [4.78, 5) is 1.28. The smallest absolute Gasteiger partial charge is 0.184 e. The molecule has 0 amide bonds. The zero-order chi connectivity index (χ0) is 9.80. The molecule has 1 aromatic carbocycles. The van der Waals surface area contributed by atoms with E-state index in [9.17, 15) is 0 Å². The number of ether oxygens (including phenoxy) is 2. The minimum absolute atomic E-state index is 0.146. The van der Waals surface area contributed by atoms with Gasteiger partial charge in [-0.05, 0) is 17.9 Å². The highest BCUT2D eigenvalue weighted by Crippen LogP contribution is 2.27. The van der Waals surface area contributed by atoms with Gasteiger partial charge in [0.1, 0.15) is 0 Å². The summed E-state index contributed by atoms with van der Waals surface area (Å²) >= 11 is 1.84. The predicted molar refractivity (Wildman–Crippen MR) is 57.5 cm³/mol. The van der Waals surface area contributed by atoms with Crippen LogP contribution in [0.25, 0.3) is 0 Å². The molecule has 76 valence electrons. The number of hydrogen-bond acceptors (Lipinski definition) is 3. The molecule has 1 saturated heterocycles. The van der Waals surface area contributed by atoms with Crippen LogP contribution in [0.2, 0.25) is 0 Å². The lowest BCUT2D eigenvalue weighted by Gasteiger charge is -2.10. The van der Waals surface area contributed by atoms with Crippen LogP contribution in [-0.4, -0.2) is 19.0 Å². The van der Waals surface area contributed by atoms with Crippen LogP contribution in [0.5, 0.6) is 0 Å². The van der Waals surface area contributed by atoms with E-state index in [2.05, 4.69) is 31.2 Å². The third kappa shape index (κ3) is 2.29. The van der Waals surface area contributed by atoms with Crippen LogP contribution < -0.4 is 0 Å². The van der Waals surface area contributed by atoms with Gasteiger partial charge in [-0.15, -0.1) is 11.8 Å². The van der Waals surface area contributed by atoms with Crippen LogP contribution in [0.15, 0.2) is 29.2 Å². The van der Waals surface area contributed by atoms with Gasteiger partial charge in [0.2, 0.25) is 0 Å². The zero-order valence-electron chi connectivity index (χ0n) is 8.23. The van der Waals surface area contributed by atoms with Gasteiger partial charge in [0.25, 0.3) is 0 Å². The van der Waals surface area contributed by atoms with E-state index < -0.39 is 0 Å². The Balaban J connectivity index is 2.12. The summed E-state index contributed by atoms with van der Waals surface area (Å²) in [5, 5.41) is 0. The lowest BCUT2D eigenvalue weighted by atomic mass is 10.2. The van der Waals surface area contributed by atoms with E-state index in [0.29, 0.717) is 13.2 Å². The van der Waals surface area contributed by atoms with E-state index in [1.807, 2.05) is 11.8 Å². The molecular weight excluding hydrogens is 196 g/mol. The van der Waals surface area contributed by atoms with E-state index in [4.69, 9.17) is 9.47 Å². The fourth-order valence-corrected chi connectivity index (χ4v) is 2.20. The Labute approximate surface area is 88.6 Å². The van der Waals surface area contributed by atoms with Gasteiger partial charge < -0.3 is 9.47 Å². The lowest BCUT2D eigenvalue weighted by molar-refractivity contribution is -0.0442. The van der Waals surface area contributed by atoms with Crippen molar-refractivity contribution >= 4 is 11.8 Å². The molecule has 0 atom stereocenters. The monoisotopic (exact) mass is 210 g/mol. The third-order valence-electron chi connectivity index (χ3n) is 2.06. The molecule has 0 aromatic heterocycles. The Bertz CT molecular complexity index is 295. The van der Waals surface area contributed by atoms with Gasteiger partial charge in [0.15, 0.2) is 6.29 Å². The second-order valence-electron chi connectivity index (χ2n) is 3.08. The molecule has 14 heavy (non-hydrogen) atoms. The van der Waals surface area contributed by atoms with Gasteiger partial charge in [0, 0.05) is 10.5 Å². The molecule has 0 aliphatic carbocycles. The summed E-state index contributed by atoms with van der Waals surface area (Å²) in [6.45, 7) is 3.56. The fourth-order valence-electron chi connectivity index (χ4n) is 1.47. The van der Waals surface area contributed by atoms with E-state index in [1.165, 1.54) is 4.90 Å². The highest BCUT2D eigenvalue weighted by molar-refractivity contribution is 7.99. The average Bonchev–Trinajstić information content (AvgIpc) is 2.71. The zero-order valence-corrected chi connectivity index (χ0v) is 9.05. The number of hydrogen-bond donors (Lipinski definition) is 0. The minimum atomic E-state index is -0.146. The molecule has 1 heterocycles. The summed E-state index contributed by atoms with van der Waals surface area (Å²) in [6.07, 6.45) is -0.146. The number of thioether (sulfide) groups is 1. The SMILES string of the molecule is CCSc1cccc(C2OCCO2)c1. The third-order valence-corrected chi connectivity index (χ3v) is 2.94. The molecule has 0 bridgehead atoms. The quantitative estimate of drug-likeness (QED) is 0.715. The van der Waals surface area contributed by atoms with Crippen molar-refractivity contribution in [1.29, 1.82) is 0 Å². The van der Waals surface area contributed by atoms with Crippen LogP contribution in [0.3, 0.4) is 0 Å². The molecule has 2 nitrogen and oxygen atoms in total. The van der Waals surface area contributed by atoms with Gasteiger partial charge in [-0.2, -0.15) is 0 Å². The molecule has 0 N–H and O–H groups in total. The van der Waals surface area contributed by atoms with Crippen LogP contribution >= 0.6 is 11.8 Å². The molecule has 0 radical (unpaired) electrons. The van der Waals surface area contributed by atoms with Crippen molar-refractivity contribution in [2.75, 3.05) is 19.0 Å². The second kappa shape index (κ2) is 4.82. The Morgan fingerprint density at radius 2 is 2.14 bits per heavy atom. The van der Waals surface area contributed by atoms with Crippen LogP contribution in [-0.2, 0) is 9.47 Å². The van der Waals surface area contributed by atoms with Gasteiger partial charge in [0.05, 0.1) is 13.2 Å². The molecular formula is C11H14O2S. The average molecular weight is 210 g/mol. The van der Waals surface area contributed by atoms with Crippen molar-refractivity contribution in [2.45, 2.75) is 18.1 Å². The van der Waals surface area contributed by atoms with E-state index in [-0.39, 0.29) is 6.29 Å². The first-order chi connectivity index (χ1) is 6.90. The van der Waals surface area contributed by atoms with E-state index in [1.54, 1.807) is 0 Å². The van der Waals surface area contributed by atoms with Crippen molar-refractivity contribution in [2.24, 2.45) is 0 Å². The van der Waals surface area contributed by atoms with Crippen molar-refractivity contribution < 1.29 is 9.47 Å². The molecule has 2 rings (SSSR count). The molecule has 0 unspecified atom stereocenters. The molecule has 1 aromatic rings. The fraction of sp³-hybridized carbons (Fsp3) is 0.455. The summed E-state index contributed by atoms with van der Waals surface area (Å²) < 4.78 is 10.9. The summed E-state index contributed by atoms with van der Waals surface area (Å²) in [5.74, 6) is 1.09. The summed E-state index contributed by atoms with van der Waals surface area (Å²) in [5.41, 5.74) is 1.13. The molecule has 1 aliphatic heterocycles. The molecule has 3 heteroatoms. The lowest BCUT2D eigenvalue weighted by Crippen LogP contribution is -1.97. The first kappa shape index (κ1) is 10.0. The molecule has 0 spiro atoms. The highest BCUT2D eigenvalue weighted by atomic mass is 32.2. The van der Waals surface area contributed by atoms with Crippen molar-refractivity contribution in [3.8, 4) is 0 Å². The number of rotatable bonds is 3. The highest BCUT2D eigenvalue weighted by Gasteiger charge is 2.17. The van der Waals surface area contributed by atoms with E-state index in [0.717, 1.165) is 11.3 Å². The Morgan fingerprint density at radius 3 is 2.86 bits per heavy atom. The van der Waals surface area contributed by atoms with Crippen LogP contribution in [0, 0.1) is 0 Å². The molecule has 1 aliphatic rings. The first-order valence-corrected chi connectivity index (χ1v) is 5.84. The normalized spacial score (nSPS) is 17.5. The maximum absolute atomic E-state index is 5.44. The standard InChI is InChI=1S/C11H14O2S/c1-2-14-10-5-3-4-9(8-10)11-12-6-7-13-11/h3-5,8,11H,2,6-7H2,1H3. The van der Waals surface area contributed by atoms with Crippen LogP contribution in [0.4, 0.5) is 0 Å². The van der Waals surface area contributed by atoms with E-state index >= 15 is 0 Å². The first-order valence-electron chi connectivity index (χ1n) is 4.86. The van der Waals surface area contributed by atoms with Gasteiger partial charge >= 0.3 is 0 Å².